The molecule has 1 aromatic rings. The van der Waals surface area contributed by atoms with Crippen molar-refractivity contribution in [3.8, 4) is 0 Å². The molecule has 1 unspecified atom stereocenters. The number of hydrogen-bond donors (Lipinski definition) is 3. The smallest absolute Gasteiger partial charge is 0.243 e. The van der Waals surface area contributed by atoms with Gasteiger partial charge >= 0.3 is 0 Å². The molecule has 5 nitrogen and oxygen atoms in total. The lowest BCUT2D eigenvalue weighted by molar-refractivity contribution is 0.540. The van der Waals surface area contributed by atoms with Gasteiger partial charge in [0.05, 0.1) is 5.84 Å². The lowest BCUT2D eigenvalue weighted by Crippen LogP contribution is -2.34. The molecule has 1 aromatic carbocycles. The van der Waals surface area contributed by atoms with E-state index in [0.717, 1.165) is 12.1 Å². The van der Waals surface area contributed by atoms with Crippen LogP contribution in [0.5, 0.6) is 0 Å². The Kier molecular flexibility index (Phi) is 4.36. The van der Waals surface area contributed by atoms with Crippen LogP contribution in [0.4, 0.5) is 8.78 Å². The highest BCUT2D eigenvalue weighted by Crippen LogP contribution is 2.15. The SMILES string of the molecule is CC(CNS(=O)(=O)c1ccc(F)cc1F)C(=N)N. The summed E-state index contributed by atoms with van der Waals surface area (Å²) in [5.41, 5.74) is 5.18. The first-order valence-corrected chi connectivity index (χ1v) is 6.51. The minimum absolute atomic E-state index is 0.130. The molecule has 1 atom stereocenters. The normalized spacial score (nSPS) is 13.3. The van der Waals surface area contributed by atoms with Gasteiger partial charge in [-0.25, -0.2) is 21.9 Å². The third kappa shape index (κ3) is 3.47. The highest BCUT2D eigenvalue weighted by molar-refractivity contribution is 7.89. The number of rotatable bonds is 5. The summed E-state index contributed by atoms with van der Waals surface area (Å²) in [6.45, 7) is 1.42. The van der Waals surface area contributed by atoms with Crippen molar-refractivity contribution in [2.45, 2.75) is 11.8 Å². The van der Waals surface area contributed by atoms with Gasteiger partial charge < -0.3 is 5.73 Å². The molecule has 0 aromatic heterocycles. The number of halogens is 2. The molecule has 0 aliphatic heterocycles. The number of amidine groups is 1. The fraction of sp³-hybridized carbons (Fsp3) is 0.300. The summed E-state index contributed by atoms with van der Waals surface area (Å²) < 4.78 is 51.5. The molecule has 0 aliphatic carbocycles. The Hall–Kier alpha value is -1.54. The second-order valence-electron chi connectivity index (χ2n) is 3.78. The van der Waals surface area contributed by atoms with Crippen molar-refractivity contribution in [3.05, 3.63) is 29.8 Å². The van der Waals surface area contributed by atoms with Gasteiger partial charge in [-0.2, -0.15) is 0 Å². The lowest BCUT2D eigenvalue weighted by Gasteiger charge is -2.11. The summed E-state index contributed by atoms with van der Waals surface area (Å²) in [6, 6.07) is 2.18. The van der Waals surface area contributed by atoms with Crippen molar-refractivity contribution in [2.75, 3.05) is 6.54 Å². The van der Waals surface area contributed by atoms with E-state index in [2.05, 4.69) is 4.72 Å². The van der Waals surface area contributed by atoms with Gasteiger partial charge in [-0.3, -0.25) is 5.41 Å². The van der Waals surface area contributed by atoms with Crippen LogP contribution in [-0.2, 0) is 10.0 Å². The molecule has 0 aliphatic rings. The van der Waals surface area contributed by atoms with Gasteiger partial charge in [-0.05, 0) is 12.1 Å². The van der Waals surface area contributed by atoms with E-state index in [4.69, 9.17) is 11.1 Å². The Labute approximate surface area is 104 Å². The Morgan fingerprint density at radius 3 is 2.61 bits per heavy atom. The molecule has 0 amide bonds. The zero-order valence-corrected chi connectivity index (χ0v) is 10.4. The first-order chi connectivity index (χ1) is 8.24. The summed E-state index contributed by atoms with van der Waals surface area (Å²) in [6.07, 6.45) is 0. The Morgan fingerprint density at radius 2 is 2.11 bits per heavy atom. The summed E-state index contributed by atoms with van der Waals surface area (Å²) >= 11 is 0. The van der Waals surface area contributed by atoms with Crippen LogP contribution in [0.2, 0.25) is 0 Å². The number of hydrogen-bond acceptors (Lipinski definition) is 3. The quantitative estimate of drug-likeness (QED) is 0.549. The molecule has 0 saturated carbocycles. The molecule has 0 radical (unpaired) electrons. The van der Waals surface area contributed by atoms with Crippen molar-refractivity contribution < 1.29 is 17.2 Å². The highest BCUT2D eigenvalue weighted by Gasteiger charge is 2.20. The van der Waals surface area contributed by atoms with Crippen molar-refractivity contribution in [3.63, 3.8) is 0 Å². The van der Waals surface area contributed by atoms with Crippen LogP contribution in [0.25, 0.3) is 0 Å². The minimum Gasteiger partial charge on any atom is -0.387 e. The Balaban J connectivity index is 2.90. The highest BCUT2D eigenvalue weighted by atomic mass is 32.2. The van der Waals surface area contributed by atoms with E-state index < -0.39 is 32.5 Å². The van der Waals surface area contributed by atoms with Crippen molar-refractivity contribution in [1.82, 2.24) is 4.72 Å². The summed E-state index contributed by atoms with van der Waals surface area (Å²) in [4.78, 5) is -0.639. The van der Waals surface area contributed by atoms with E-state index >= 15 is 0 Å². The maximum Gasteiger partial charge on any atom is 0.243 e. The van der Waals surface area contributed by atoms with E-state index in [1.54, 1.807) is 6.92 Å². The molecule has 0 spiro atoms. The first kappa shape index (κ1) is 14.5. The topological polar surface area (TPSA) is 96.0 Å². The van der Waals surface area contributed by atoms with Gasteiger partial charge in [-0.1, -0.05) is 6.92 Å². The number of benzene rings is 1. The molecular formula is C10H13F2N3O2S. The van der Waals surface area contributed by atoms with E-state index in [1.807, 2.05) is 0 Å². The molecular weight excluding hydrogens is 264 g/mol. The molecule has 18 heavy (non-hydrogen) atoms. The van der Waals surface area contributed by atoms with Gasteiger partial charge in [0.1, 0.15) is 16.5 Å². The average molecular weight is 277 g/mol. The summed E-state index contributed by atoms with van der Waals surface area (Å²) in [7, 11) is -4.08. The molecule has 8 heteroatoms. The molecule has 0 saturated heterocycles. The van der Waals surface area contributed by atoms with Gasteiger partial charge in [0.2, 0.25) is 10.0 Å². The van der Waals surface area contributed by atoms with Crippen molar-refractivity contribution >= 4 is 15.9 Å². The van der Waals surface area contributed by atoms with E-state index in [1.165, 1.54) is 0 Å². The van der Waals surface area contributed by atoms with Crippen molar-refractivity contribution in [1.29, 1.82) is 5.41 Å². The molecule has 1 rings (SSSR count). The number of nitrogens with one attached hydrogen (secondary N) is 2. The second kappa shape index (κ2) is 5.40. The third-order valence-electron chi connectivity index (χ3n) is 2.29. The van der Waals surface area contributed by atoms with Crippen LogP contribution >= 0.6 is 0 Å². The average Bonchev–Trinajstić information content (AvgIpc) is 2.25. The van der Waals surface area contributed by atoms with Crippen LogP contribution in [0, 0.1) is 23.0 Å². The van der Waals surface area contributed by atoms with Crippen LogP contribution < -0.4 is 10.5 Å². The zero-order valence-electron chi connectivity index (χ0n) is 9.57. The Bertz CT molecular complexity index is 560. The lowest BCUT2D eigenvalue weighted by atomic mass is 10.2. The molecule has 0 heterocycles. The maximum atomic E-state index is 13.3. The maximum absolute atomic E-state index is 13.3. The number of sulfonamides is 1. The first-order valence-electron chi connectivity index (χ1n) is 5.02. The van der Waals surface area contributed by atoms with Gasteiger partial charge in [0.25, 0.3) is 0 Å². The predicted molar refractivity (Wildman–Crippen MR) is 62.6 cm³/mol. The zero-order chi connectivity index (χ0) is 13.9. The van der Waals surface area contributed by atoms with Crippen LogP contribution in [0.15, 0.2) is 23.1 Å². The van der Waals surface area contributed by atoms with Crippen LogP contribution in [0.1, 0.15) is 6.92 Å². The van der Waals surface area contributed by atoms with Crippen LogP contribution in [0.3, 0.4) is 0 Å². The Morgan fingerprint density at radius 1 is 1.50 bits per heavy atom. The fourth-order valence-corrected chi connectivity index (χ4v) is 2.30. The standard InChI is InChI=1S/C10H13F2N3O2S/c1-6(10(13)14)5-15-18(16,17)9-3-2-7(11)4-8(9)12/h2-4,6,15H,5H2,1H3,(H3,13,14). The van der Waals surface area contributed by atoms with Gasteiger partial charge in [0.15, 0.2) is 0 Å². The van der Waals surface area contributed by atoms with E-state index in [0.29, 0.717) is 6.07 Å². The van der Waals surface area contributed by atoms with Crippen molar-refractivity contribution in [2.24, 2.45) is 11.7 Å². The molecule has 0 bridgehead atoms. The fourth-order valence-electron chi connectivity index (χ4n) is 1.12. The third-order valence-corrected chi connectivity index (χ3v) is 3.75. The monoisotopic (exact) mass is 277 g/mol. The summed E-state index contributed by atoms with van der Waals surface area (Å²) in [5.74, 6) is -2.72. The predicted octanol–water partition coefficient (Wildman–Crippen LogP) is 0.815. The molecule has 0 fully saturated rings. The second-order valence-corrected chi connectivity index (χ2v) is 5.52. The van der Waals surface area contributed by atoms with E-state index in [-0.39, 0.29) is 12.4 Å². The van der Waals surface area contributed by atoms with E-state index in [9.17, 15) is 17.2 Å². The van der Waals surface area contributed by atoms with Gasteiger partial charge in [-0.15, -0.1) is 0 Å². The molecule has 100 valence electrons. The van der Waals surface area contributed by atoms with Crippen LogP contribution in [-0.4, -0.2) is 20.8 Å². The molecule has 4 N–H and O–H groups in total. The largest absolute Gasteiger partial charge is 0.387 e. The van der Waals surface area contributed by atoms with Gasteiger partial charge in [0, 0.05) is 18.5 Å². The minimum atomic E-state index is -4.08. The number of nitrogens with two attached hydrogens (primary N) is 1. The summed E-state index contributed by atoms with van der Waals surface area (Å²) in [5, 5.41) is 7.10.